The van der Waals surface area contributed by atoms with E-state index >= 15 is 0 Å². The summed E-state index contributed by atoms with van der Waals surface area (Å²) in [6.07, 6.45) is -2.34. The fourth-order valence-electron chi connectivity index (χ4n) is 2.96. The van der Waals surface area contributed by atoms with Gasteiger partial charge in [-0.2, -0.15) is 13.2 Å². The summed E-state index contributed by atoms with van der Waals surface area (Å²) in [6.45, 7) is 2.80. The summed E-state index contributed by atoms with van der Waals surface area (Å²) >= 11 is 0. The molecule has 1 atom stereocenters. The number of nitrogens with zero attached hydrogens (tertiary/aromatic N) is 2. The average Bonchev–Trinajstić information content (AvgIpc) is 3.03. The van der Waals surface area contributed by atoms with E-state index in [1.165, 1.54) is 12.1 Å². The highest BCUT2D eigenvalue weighted by Crippen LogP contribution is 2.29. The Hall–Kier alpha value is -1.12. The van der Waals surface area contributed by atoms with Gasteiger partial charge in [-0.1, -0.05) is 12.1 Å². The molecule has 7 nitrogen and oxygen atoms in total. The highest BCUT2D eigenvalue weighted by Gasteiger charge is 2.30. The fourth-order valence-corrected chi connectivity index (χ4v) is 3.43. The Balaban J connectivity index is 0.00000420. The number of halogens is 4. The lowest BCUT2D eigenvalue weighted by Gasteiger charge is -2.19. The van der Waals surface area contributed by atoms with Crippen LogP contribution in [0.2, 0.25) is 0 Å². The summed E-state index contributed by atoms with van der Waals surface area (Å²) in [4.78, 5) is 6.28. The smallest absolute Gasteiger partial charge is 0.355 e. The van der Waals surface area contributed by atoms with Crippen molar-refractivity contribution in [3.63, 3.8) is 0 Å². The number of alkyl halides is 3. The number of hydrogen-bond acceptors (Lipinski definition) is 4. The summed E-state index contributed by atoms with van der Waals surface area (Å²) in [7, 11) is -1.59. The van der Waals surface area contributed by atoms with Crippen LogP contribution in [0.4, 0.5) is 13.2 Å². The van der Waals surface area contributed by atoms with Crippen molar-refractivity contribution >= 4 is 40.0 Å². The van der Waals surface area contributed by atoms with Crippen molar-refractivity contribution in [3.8, 4) is 0 Å². The van der Waals surface area contributed by atoms with Crippen LogP contribution >= 0.6 is 24.0 Å². The van der Waals surface area contributed by atoms with Gasteiger partial charge in [-0.15, -0.1) is 24.0 Å². The van der Waals surface area contributed by atoms with Crippen molar-refractivity contribution < 1.29 is 21.6 Å². The molecule has 12 heteroatoms. The lowest BCUT2D eigenvalue weighted by atomic mass is 10.1. The molecule has 1 fully saturated rings. The maximum atomic E-state index is 12.6. The van der Waals surface area contributed by atoms with Gasteiger partial charge in [0, 0.05) is 45.8 Å². The van der Waals surface area contributed by atoms with Gasteiger partial charge in [0.05, 0.1) is 11.8 Å². The van der Waals surface area contributed by atoms with Crippen LogP contribution in [0, 0.1) is 0 Å². The van der Waals surface area contributed by atoms with E-state index in [0.717, 1.165) is 43.5 Å². The van der Waals surface area contributed by atoms with Gasteiger partial charge in [0.15, 0.2) is 5.96 Å². The molecular formula is C17H27F3IN5O2S. The second-order valence-electron chi connectivity index (χ2n) is 6.73. The first-order valence-corrected chi connectivity index (χ1v) is 10.8. The van der Waals surface area contributed by atoms with E-state index < -0.39 is 21.8 Å². The van der Waals surface area contributed by atoms with Crippen molar-refractivity contribution in [1.82, 2.24) is 20.3 Å². The molecule has 1 aliphatic heterocycles. The number of benzene rings is 1. The van der Waals surface area contributed by atoms with Gasteiger partial charge in [-0.05, 0) is 24.1 Å². The van der Waals surface area contributed by atoms with Crippen LogP contribution < -0.4 is 15.4 Å². The van der Waals surface area contributed by atoms with Gasteiger partial charge in [-0.3, -0.25) is 9.89 Å². The van der Waals surface area contributed by atoms with Crippen molar-refractivity contribution in [2.24, 2.45) is 4.99 Å². The molecule has 1 heterocycles. The van der Waals surface area contributed by atoms with E-state index in [-0.39, 0.29) is 36.6 Å². The van der Waals surface area contributed by atoms with Crippen molar-refractivity contribution in [1.29, 1.82) is 0 Å². The standard InChI is InChI=1S/C17H26F3N5O2S.HI/c1-21-16(22-8-9-23-28(2,26)27)24-15-7-10-25(12-15)11-13-3-5-14(6-4-13)17(18,19)20;/h3-6,15,23H,7-12H2,1-2H3,(H2,21,22,24);1H. The Morgan fingerprint density at radius 2 is 1.90 bits per heavy atom. The van der Waals surface area contributed by atoms with E-state index in [2.05, 4.69) is 25.2 Å². The van der Waals surface area contributed by atoms with Crippen molar-refractivity contribution in [2.45, 2.75) is 25.2 Å². The average molecular weight is 549 g/mol. The van der Waals surface area contributed by atoms with Gasteiger partial charge >= 0.3 is 6.18 Å². The minimum absolute atomic E-state index is 0. The largest absolute Gasteiger partial charge is 0.416 e. The molecule has 0 amide bonds. The molecule has 1 unspecified atom stereocenters. The summed E-state index contributed by atoms with van der Waals surface area (Å²) in [5.41, 5.74) is 0.195. The second-order valence-corrected chi connectivity index (χ2v) is 8.56. The number of guanidine groups is 1. The minimum Gasteiger partial charge on any atom is -0.355 e. The van der Waals surface area contributed by atoms with Gasteiger partial charge in [-0.25, -0.2) is 13.1 Å². The van der Waals surface area contributed by atoms with Crippen LogP contribution in [0.1, 0.15) is 17.5 Å². The number of rotatable bonds is 7. The number of likely N-dealkylation sites (tertiary alicyclic amines) is 1. The number of sulfonamides is 1. The van der Waals surface area contributed by atoms with Crippen molar-refractivity contribution in [3.05, 3.63) is 35.4 Å². The fraction of sp³-hybridized carbons (Fsp3) is 0.588. The number of nitrogens with one attached hydrogen (secondary N) is 3. The summed E-state index contributed by atoms with van der Waals surface area (Å²) in [5.74, 6) is 0.580. The summed E-state index contributed by atoms with van der Waals surface area (Å²) < 4.78 is 62.3. The first-order chi connectivity index (χ1) is 13.1. The van der Waals surface area contributed by atoms with Crippen LogP contribution in [0.25, 0.3) is 0 Å². The third-order valence-electron chi connectivity index (χ3n) is 4.31. The first-order valence-electron chi connectivity index (χ1n) is 8.87. The minimum atomic E-state index is -4.32. The zero-order valence-corrected chi connectivity index (χ0v) is 19.4. The van der Waals surface area contributed by atoms with E-state index in [9.17, 15) is 21.6 Å². The molecule has 1 aromatic rings. The van der Waals surface area contributed by atoms with Crippen LogP contribution in [0.3, 0.4) is 0 Å². The number of hydrogen-bond donors (Lipinski definition) is 3. The molecule has 1 saturated heterocycles. The van der Waals surface area contributed by atoms with Crippen LogP contribution in [0.15, 0.2) is 29.3 Å². The second kappa shape index (κ2) is 11.3. The zero-order valence-electron chi connectivity index (χ0n) is 16.3. The lowest BCUT2D eigenvalue weighted by Crippen LogP contribution is -2.46. The molecule has 0 aromatic heterocycles. The van der Waals surface area contributed by atoms with E-state index in [1.54, 1.807) is 7.05 Å². The molecule has 0 radical (unpaired) electrons. The highest BCUT2D eigenvalue weighted by atomic mass is 127. The third kappa shape index (κ3) is 9.49. The maximum absolute atomic E-state index is 12.6. The molecule has 29 heavy (non-hydrogen) atoms. The molecule has 0 spiro atoms. The number of aliphatic imine (C=N–C) groups is 1. The maximum Gasteiger partial charge on any atom is 0.416 e. The molecule has 166 valence electrons. The highest BCUT2D eigenvalue weighted by molar-refractivity contribution is 14.0. The van der Waals surface area contributed by atoms with Gasteiger partial charge in [0.1, 0.15) is 0 Å². The van der Waals surface area contributed by atoms with E-state index in [4.69, 9.17) is 0 Å². The van der Waals surface area contributed by atoms with Gasteiger partial charge < -0.3 is 10.6 Å². The Kier molecular flexibility index (Phi) is 10.1. The molecule has 0 bridgehead atoms. The molecule has 1 aliphatic rings. The molecular weight excluding hydrogens is 522 g/mol. The quantitative estimate of drug-likeness (QED) is 0.209. The van der Waals surface area contributed by atoms with E-state index in [1.807, 2.05) is 0 Å². The third-order valence-corrected chi connectivity index (χ3v) is 5.03. The molecule has 1 aromatic carbocycles. The topological polar surface area (TPSA) is 85.8 Å². The molecule has 0 saturated carbocycles. The Bertz CT molecular complexity index is 772. The van der Waals surface area contributed by atoms with Gasteiger partial charge in [0.2, 0.25) is 10.0 Å². The molecule has 0 aliphatic carbocycles. The lowest BCUT2D eigenvalue weighted by molar-refractivity contribution is -0.137. The SMILES string of the molecule is CN=C(NCCNS(C)(=O)=O)NC1CCN(Cc2ccc(C(F)(F)F)cc2)C1.I. The zero-order chi connectivity index (χ0) is 20.8. The monoisotopic (exact) mass is 549 g/mol. The van der Waals surface area contributed by atoms with Crippen LogP contribution in [-0.4, -0.2) is 64.8 Å². The Morgan fingerprint density at radius 1 is 1.24 bits per heavy atom. The first kappa shape index (κ1) is 25.9. The summed E-state index contributed by atoms with van der Waals surface area (Å²) in [5, 5.41) is 6.32. The van der Waals surface area contributed by atoms with Crippen molar-refractivity contribution in [2.75, 3.05) is 39.5 Å². The summed E-state index contributed by atoms with van der Waals surface area (Å²) in [6, 6.07) is 5.40. The van der Waals surface area contributed by atoms with E-state index in [0.29, 0.717) is 19.0 Å². The van der Waals surface area contributed by atoms with Crippen LogP contribution in [0.5, 0.6) is 0 Å². The molecule has 2 rings (SSSR count). The predicted octanol–water partition coefficient (Wildman–Crippen LogP) is 1.61. The molecule has 3 N–H and O–H groups in total. The Morgan fingerprint density at radius 3 is 2.45 bits per heavy atom. The van der Waals surface area contributed by atoms with Gasteiger partial charge in [0.25, 0.3) is 0 Å². The van der Waals surface area contributed by atoms with Crippen LogP contribution in [-0.2, 0) is 22.7 Å². The Labute approximate surface area is 186 Å². The predicted molar refractivity (Wildman–Crippen MR) is 118 cm³/mol. The normalized spacial score (nSPS) is 18.4.